The molecule has 2 aromatic heterocycles. The molecule has 22 heavy (non-hydrogen) atoms. The number of rotatable bonds is 7. The fourth-order valence-electron chi connectivity index (χ4n) is 2.45. The van der Waals surface area contributed by atoms with Gasteiger partial charge >= 0.3 is 0 Å². The number of hydrogen-bond donors (Lipinski definition) is 1. The van der Waals surface area contributed by atoms with Gasteiger partial charge in [0.05, 0.1) is 23.5 Å². The summed E-state index contributed by atoms with van der Waals surface area (Å²) >= 11 is 9.30. The Morgan fingerprint density at radius 1 is 1.50 bits per heavy atom. The first-order valence-electron chi connectivity index (χ1n) is 7.31. The van der Waals surface area contributed by atoms with E-state index in [1.165, 1.54) is 4.88 Å². The highest BCUT2D eigenvalue weighted by atomic mass is 35.5. The van der Waals surface area contributed by atoms with Crippen LogP contribution in [0.3, 0.4) is 0 Å². The number of ether oxygens (including phenoxy) is 1. The maximum Gasteiger partial charge on any atom is 0.191 e. The Bertz CT molecular complexity index is 610. The van der Waals surface area contributed by atoms with Crippen LogP contribution in [0.15, 0.2) is 17.3 Å². The van der Waals surface area contributed by atoms with E-state index in [1.54, 1.807) is 23.1 Å². The lowest BCUT2D eigenvalue weighted by molar-refractivity contribution is 0.0941. The zero-order chi connectivity index (χ0) is 15.4. The van der Waals surface area contributed by atoms with Gasteiger partial charge < -0.3 is 14.6 Å². The van der Waals surface area contributed by atoms with E-state index >= 15 is 0 Å². The summed E-state index contributed by atoms with van der Waals surface area (Å²) in [4.78, 5) is 1.25. The summed E-state index contributed by atoms with van der Waals surface area (Å²) in [5.74, 6) is 1.82. The topological polar surface area (TPSA) is 52.0 Å². The number of thiophene rings is 1. The van der Waals surface area contributed by atoms with Gasteiger partial charge in [-0.3, -0.25) is 0 Å². The van der Waals surface area contributed by atoms with Gasteiger partial charge in [-0.25, -0.2) is 0 Å². The molecule has 5 nitrogen and oxygen atoms in total. The minimum atomic E-state index is 0.280. The second-order valence-electron chi connectivity index (χ2n) is 5.17. The summed E-state index contributed by atoms with van der Waals surface area (Å²) in [6.07, 6.45) is 2.54. The zero-order valence-electron chi connectivity index (χ0n) is 12.4. The molecule has 1 unspecified atom stereocenters. The van der Waals surface area contributed by atoms with Crippen LogP contribution in [0.2, 0.25) is 4.34 Å². The molecule has 2 aromatic rings. The third-order valence-corrected chi connectivity index (χ3v) is 5.94. The van der Waals surface area contributed by atoms with Crippen molar-refractivity contribution in [2.75, 3.05) is 13.7 Å². The first-order valence-corrected chi connectivity index (χ1v) is 9.49. The van der Waals surface area contributed by atoms with E-state index in [0.29, 0.717) is 6.54 Å². The molecule has 1 atom stereocenters. The lowest BCUT2D eigenvalue weighted by Crippen LogP contribution is -2.20. The maximum absolute atomic E-state index is 5.98. The monoisotopic (exact) mass is 358 g/mol. The third kappa shape index (κ3) is 4.02. The van der Waals surface area contributed by atoms with Crippen molar-refractivity contribution < 1.29 is 4.74 Å². The Morgan fingerprint density at radius 2 is 2.41 bits per heavy atom. The van der Waals surface area contributed by atoms with Crippen molar-refractivity contribution in [3.8, 4) is 0 Å². The Morgan fingerprint density at radius 3 is 3.09 bits per heavy atom. The Balaban J connectivity index is 1.71. The van der Waals surface area contributed by atoms with Crippen LogP contribution < -0.4 is 5.32 Å². The van der Waals surface area contributed by atoms with E-state index in [1.807, 2.05) is 13.1 Å². The molecule has 1 N–H and O–H groups in total. The van der Waals surface area contributed by atoms with Gasteiger partial charge in [0.25, 0.3) is 0 Å². The van der Waals surface area contributed by atoms with Crippen molar-refractivity contribution in [3.63, 3.8) is 0 Å². The van der Waals surface area contributed by atoms with Crippen LogP contribution in [0.5, 0.6) is 0 Å². The van der Waals surface area contributed by atoms with Crippen molar-refractivity contribution >= 4 is 34.7 Å². The van der Waals surface area contributed by atoms with E-state index < -0.39 is 0 Å². The molecule has 1 aliphatic rings. The smallest absolute Gasteiger partial charge is 0.191 e. The molecule has 120 valence electrons. The maximum atomic E-state index is 5.98. The standard InChI is InChI=1S/C14H19ClN4OS2/c1-16-7-13-17-18-14(19(13)8-10-3-2-6-20-10)21-9-11-4-5-12(15)22-11/h4-5,10,16H,2-3,6-9H2,1H3. The lowest BCUT2D eigenvalue weighted by atomic mass is 10.2. The predicted octanol–water partition coefficient (Wildman–Crippen LogP) is 3.18. The van der Waals surface area contributed by atoms with E-state index in [9.17, 15) is 0 Å². The molecule has 0 aliphatic carbocycles. The van der Waals surface area contributed by atoms with Gasteiger partial charge in [0.2, 0.25) is 0 Å². The molecular formula is C14H19ClN4OS2. The highest BCUT2D eigenvalue weighted by Gasteiger charge is 2.20. The zero-order valence-corrected chi connectivity index (χ0v) is 14.8. The highest BCUT2D eigenvalue weighted by Crippen LogP contribution is 2.29. The number of nitrogens with zero attached hydrogens (tertiary/aromatic N) is 3. The fourth-order valence-corrected chi connectivity index (χ4v) is 4.55. The van der Waals surface area contributed by atoms with Crippen LogP contribution in [-0.2, 0) is 23.6 Å². The van der Waals surface area contributed by atoms with Crippen LogP contribution in [0.4, 0.5) is 0 Å². The minimum absolute atomic E-state index is 0.280. The normalized spacial score (nSPS) is 18.2. The second kappa shape index (κ2) is 7.79. The molecule has 3 heterocycles. The van der Waals surface area contributed by atoms with Gasteiger partial charge in [-0.2, -0.15) is 0 Å². The molecular weight excluding hydrogens is 340 g/mol. The predicted molar refractivity (Wildman–Crippen MR) is 90.6 cm³/mol. The van der Waals surface area contributed by atoms with Crippen molar-refractivity contribution in [1.29, 1.82) is 0 Å². The van der Waals surface area contributed by atoms with Crippen molar-refractivity contribution in [1.82, 2.24) is 20.1 Å². The first-order chi connectivity index (χ1) is 10.8. The highest BCUT2D eigenvalue weighted by molar-refractivity contribution is 7.98. The van der Waals surface area contributed by atoms with Crippen LogP contribution in [0, 0.1) is 0 Å². The van der Waals surface area contributed by atoms with Gasteiger partial charge in [0, 0.05) is 17.2 Å². The number of halogens is 1. The Kier molecular flexibility index (Phi) is 5.76. The molecule has 1 saturated heterocycles. The van der Waals surface area contributed by atoms with Gasteiger partial charge in [-0.05, 0) is 32.0 Å². The van der Waals surface area contributed by atoms with Crippen molar-refractivity contribution in [3.05, 3.63) is 27.2 Å². The largest absolute Gasteiger partial charge is 0.376 e. The molecule has 0 bridgehead atoms. The minimum Gasteiger partial charge on any atom is -0.376 e. The molecule has 0 aromatic carbocycles. The molecule has 0 saturated carbocycles. The van der Waals surface area contributed by atoms with E-state index in [2.05, 4.69) is 26.1 Å². The summed E-state index contributed by atoms with van der Waals surface area (Å²) < 4.78 is 8.77. The van der Waals surface area contributed by atoms with Gasteiger partial charge in [0.15, 0.2) is 5.16 Å². The molecule has 1 fully saturated rings. The van der Waals surface area contributed by atoms with E-state index in [4.69, 9.17) is 16.3 Å². The Hall–Kier alpha value is -0.600. The summed E-state index contributed by atoms with van der Waals surface area (Å²) in [5, 5.41) is 12.8. The fraction of sp³-hybridized carbons (Fsp3) is 0.571. The van der Waals surface area contributed by atoms with Crippen LogP contribution in [0.1, 0.15) is 23.5 Å². The molecule has 3 rings (SSSR count). The summed E-state index contributed by atoms with van der Waals surface area (Å²) in [7, 11) is 1.92. The number of hydrogen-bond acceptors (Lipinski definition) is 6. The molecule has 0 amide bonds. The first kappa shape index (κ1) is 16.3. The van der Waals surface area contributed by atoms with Crippen LogP contribution in [0.25, 0.3) is 0 Å². The third-order valence-electron chi connectivity index (χ3n) is 3.51. The van der Waals surface area contributed by atoms with E-state index in [-0.39, 0.29) is 6.10 Å². The van der Waals surface area contributed by atoms with Gasteiger partial charge in [-0.15, -0.1) is 21.5 Å². The van der Waals surface area contributed by atoms with Crippen LogP contribution >= 0.6 is 34.7 Å². The summed E-state index contributed by atoms with van der Waals surface area (Å²) in [6, 6.07) is 4.00. The number of nitrogens with one attached hydrogen (secondary N) is 1. The van der Waals surface area contributed by atoms with Gasteiger partial charge in [-0.1, -0.05) is 23.4 Å². The second-order valence-corrected chi connectivity index (χ2v) is 7.91. The average Bonchev–Trinajstić information content (AvgIpc) is 3.22. The Labute approximate surface area is 143 Å². The molecule has 1 aliphatic heterocycles. The molecule has 8 heteroatoms. The SMILES string of the molecule is CNCc1nnc(SCc2ccc(Cl)s2)n1CC1CCCO1. The molecule has 0 radical (unpaired) electrons. The summed E-state index contributed by atoms with van der Waals surface area (Å²) in [5.41, 5.74) is 0. The molecule has 0 spiro atoms. The van der Waals surface area contributed by atoms with Crippen molar-refractivity contribution in [2.45, 2.75) is 42.9 Å². The van der Waals surface area contributed by atoms with Gasteiger partial charge in [0.1, 0.15) is 5.82 Å². The number of thioether (sulfide) groups is 1. The summed E-state index contributed by atoms with van der Waals surface area (Å²) in [6.45, 7) is 2.41. The lowest BCUT2D eigenvalue weighted by Gasteiger charge is -2.14. The van der Waals surface area contributed by atoms with Crippen LogP contribution in [-0.4, -0.2) is 34.5 Å². The quantitative estimate of drug-likeness (QED) is 0.770. The van der Waals surface area contributed by atoms with E-state index in [0.717, 1.165) is 47.1 Å². The average molecular weight is 359 g/mol. The number of aromatic nitrogens is 3. The van der Waals surface area contributed by atoms with Crippen molar-refractivity contribution in [2.24, 2.45) is 0 Å².